The Kier molecular flexibility index (Phi) is 4.10. The maximum absolute atomic E-state index is 13.3. The molecule has 0 aliphatic heterocycles. The van der Waals surface area contributed by atoms with Crippen LogP contribution in [0.25, 0.3) is 0 Å². The number of sulfonamides is 1. The lowest BCUT2D eigenvalue weighted by atomic mass is 10.0. The lowest BCUT2D eigenvalue weighted by Gasteiger charge is -2.18. The van der Waals surface area contributed by atoms with Crippen LogP contribution in [0.2, 0.25) is 0 Å². The number of pyridine rings is 1. The molecule has 0 fully saturated rings. The van der Waals surface area contributed by atoms with Gasteiger partial charge in [0.1, 0.15) is 0 Å². The summed E-state index contributed by atoms with van der Waals surface area (Å²) in [5.41, 5.74) is 0.825. The number of hydrogen-bond acceptors (Lipinski definition) is 3. The van der Waals surface area contributed by atoms with E-state index in [0.29, 0.717) is 11.1 Å². The Labute approximate surface area is 115 Å². The Morgan fingerprint density at radius 3 is 2.45 bits per heavy atom. The van der Waals surface area contributed by atoms with Gasteiger partial charge in [0, 0.05) is 12.4 Å². The van der Waals surface area contributed by atoms with Crippen LogP contribution in [0, 0.1) is 11.6 Å². The van der Waals surface area contributed by atoms with Crippen molar-refractivity contribution in [2.45, 2.75) is 6.04 Å². The van der Waals surface area contributed by atoms with Gasteiger partial charge in [-0.2, -0.15) is 0 Å². The molecule has 1 heterocycles. The molecule has 2 rings (SSSR count). The molecule has 1 aromatic carbocycles. The van der Waals surface area contributed by atoms with Gasteiger partial charge in [-0.05, 0) is 29.3 Å². The van der Waals surface area contributed by atoms with Gasteiger partial charge in [-0.1, -0.05) is 12.1 Å². The van der Waals surface area contributed by atoms with E-state index in [9.17, 15) is 17.2 Å². The predicted octanol–water partition coefficient (Wildman–Crippen LogP) is 2.00. The highest BCUT2D eigenvalue weighted by atomic mass is 32.2. The van der Waals surface area contributed by atoms with Gasteiger partial charge in [0.2, 0.25) is 10.0 Å². The van der Waals surface area contributed by atoms with Gasteiger partial charge < -0.3 is 0 Å². The number of rotatable bonds is 4. The van der Waals surface area contributed by atoms with Crippen LogP contribution in [0.4, 0.5) is 8.78 Å². The molecule has 1 unspecified atom stereocenters. The fraction of sp³-hybridized carbons (Fsp3) is 0.154. The van der Waals surface area contributed by atoms with Gasteiger partial charge in [-0.3, -0.25) is 4.98 Å². The van der Waals surface area contributed by atoms with Crippen molar-refractivity contribution in [2.75, 3.05) is 6.26 Å². The van der Waals surface area contributed by atoms with Crippen molar-refractivity contribution in [3.05, 3.63) is 65.5 Å². The van der Waals surface area contributed by atoms with E-state index in [1.807, 2.05) is 0 Å². The molecule has 0 saturated heterocycles. The summed E-state index contributed by atoms with van der Waals surface area (Å²) in [7, 11) is -3.54. The Hall–Kier alpha value is -1.86. The minimum Gasteiger partial charge on any atom is -0.264 e. The number of aromatic nitrogens is 1. The van der Waals surface area contributed by atoms with Gasteiger partial charge in [-0.15, -0.1) is 0 Å². The van der Waals surface area contributed by atoms with Crippen molar-refractivity contribution in [1.29, 1.82) is 0 Å². The molecule has 4 nitrogen and oxygen atoms in total. The van der Waals surface area contributed by atoms with Crippen molar-refractivity contribution in [2.24, 2.45) is 0 Å². The zero-order valence-electron chi connectivity index (χ0n) is 10.5. The quantitative estimate of drug-likeness (QED) is 0.939. The summed E-state index contributed by atoms with van der Waals surface area (Å²) in [5, 5.41) is 0. The van der Waals surface area contributed by atoms with Crippen molar-refractivity contribution in [3.63, 3.8) is 0 Å². The monoisotopic (exact) mass is 298 g/mol. The minimum absolute atomic E-state index is 0.294. The third-order valence-corrected chi connectivity index (χ3v) is 3.29. The summed E-state index contributed by atoms with van der Waals surface area (Å²) in [6.07, 6.45) is 3.99. The van der Waals surface area contributed by atoms with E-state index in [-0.39, 0.29) is 0 Å². The highest BCUT2D eigenvalue weighted by Gasteiger charge is 2.19. The molecule has 0 aliphatic carbocycles. The molecule has 20 heavy (non-hydrogen) atoms. The van der Waals surface area contributed by atoms with Crippen LogP contribution in [-0.4, -0.2) is 19.7 Å². The summed E-state index contributed by atoms with van der Waals surface area (Å²) in [6.45, 7) is 0. The van der Waals surface area contributed by atoms with Crippen LogP contribution < -0.4 is 4.72 Å². The van der Waals surface area contributed by atoms with E-state index in [1.165, 1.54) is 18.5 Å². The summed E-state index contributed by atoms with van der Waals surface area (Å²) in [6, 6.07) is 5.70. The van der Waals surface area contributed by atoms with Crippen LogP contribution in [0.15, 0.2) is 42.7 Å². The Balaban J connectivity index is 2.48. The van der Waals surface area contributed by atoms with Crippen LogP contribution in [0.5, 0.6) is 0 Å². The summed E-state index contributed by atoms with van der Waals surface area (Å²) in [5.74, 6) is -2.02. The number of nitrogens with zero attached hydrogens (tertiary/aromatic N) is 1. The summed E-state index contributed by atoms with van der Waals surface area (Å²) in [4.78, 5) is 3.90. The fourth-order valence-corrected chi connectivity index (χ4v) is 2.48. The Morgan fingerprint density at radius 2 is 1.90 bits per heavy atom. The van der Waals surface area contributed by atoms with Crippen LogP contribution in [0.3, 0.4) is 0 Å². The summed E-state index contributed by atoms with van der Waals surface area (Å²) >= 11 is 0. The first kappa shape index (κ1) is 14.5. The number of benzene rings is 1. The van der Waals surface area contributed by atoms with Gasteiger partial charge in [-0.25, -0.2) is 21.9 Å². The van der Waals surface area contributed by atoms with E-state index in [4.69, 9.17) is 0 Å². The van der Waals surface area contributed by atoms with Crippen molar-refractivity contribution in [3.8, 4) is 0 Å². The maximum atomic E-state index is 13.3. The molecule has 0 radical (unpaired) electrons. The van der Waals surface area contributed by atoms with Crippen LogP contribution >= 0.6 is 0 Å². The molecule has 0 amide bonds. The maximum Gasteiger partial charge on any atom is 0.209 e. The standard InChI is InChI=1S/C13H12F2N2O2S/c1-20(18,19)17-13(10-3-2-6-16-8-10)9-4-5-11(14)12(15)7-9/h2-8,13,17H,1H3. The lowest BCUT2D eigenvalue weighted by molar-refractivity contribution is 0.505. The van der Waals surface area contributed by atoms with E-state index < -0.39 is 27.7 Å². The highest BCUT2D eigenvalue weighted by Crippen LogP contribution is 2.23. The van der Waals surface area contributed by atoms with Gasteiger partial charge >= 0.3 is 0 Å². The molecule has 0 spiro atoms. The molecule has 2 aromatic rings. The van der Waals surface area contributed by atoms with E-state index in [2.05, 4.69) is 9.71 Å². The van der Waals surface area contributed by atoms with E-state index in [0.717, 1.165) is 18.4 Å². The molecule has 1 N–H and O–H groups in total. The first-order valence-corrected chi connectivity index (χ1v) is 7.58. The fourth-order valence-electron chi connectivity index (χ4n) is 1.78. The van der Waals surface area contributed by atoms with Crippen LogP contribution in [-0.2, 0) is 10.0 Å². The third-order valence-electron chi connectivity index (χ3n) is 2.63. The zero-order chi connectivity index (χ0) is 14.8. The van der Waals surface area contributed by atoms with Crippen molar-refractivity contribution >= 4 is 10.0 Å². The number of nitrogens with one attached hydrogen (secondary N) is 1. The van der Waals surface area contributed by atoms with Gasteiger partial charge in [0.25, 0.3) is 0 Å². The van der Waals surface area contributed by atoms with Gasteiger partial charge in [0.15, 0.2) is 11.6 Å². The van der Waals surface area contributed by atoms with E-state index in [1.54, 1.807) is 12.1 Å². The average molecular weight is 298 g/mol. The molecule has 106 valence electrons. The average Bonchev–Trinajstić information content (AvgIpc) is 2.39. The number of hydrogen-bond donors (Lipinski definition) is 1. The first-order valence-electron chi connectivity index (χ1n) is 5.69. The molecular formula is C13H12F2N2O2S. The molecule has 0 saturated carbocycles. The van der Waals surface area contributed by atoms with Crippen molar-refractivity contribution < 1.29 is 17.2 Å². The second kappa shape index (κ2) is 5.64. The largest absolute Gasteiger partial charge is 0.264 e. The summed E-state index contributed by atoms with van der Waals surface area (Å²) < 4.78 is 51.6. The minimum atomic E-state index is -3.54. The molecule has 0 bridgehead atoms. The molecular weight excluding hydrogens is 286 g/mol. The topological polar surface area (TPSA) is 59.1 Å². The zero-order valence-corrected chi connectivity index (χ0v) is 11.4. The Morgan fingerprint density at radius 1 is 1.15 bits per heavy atom. The van der Waals surface area contributed by atoms with Gasteiger partial charge in [0.05, 0.1) is 12.3 Å². The predicted molar refractivity (Wildman–Crippen MR) is 70.4 cm³/mol. The lowest BCUT2D eigenvalue weighted by Crippen LogP contribution is -2.28. The normalized spacial score (nSPS) is 13.2. The molecule has 0 aliphatic rings. The van der Waals surface area contributed by atoms with Crippen LogP contribution in [0.1, 0.15) is 17.2 Å². The molecule has 7 heteroatoms. The first-order chi connectivity index (χ1) is 9.37. The SMILES string of the molecule is CS(=O)(=O)NC(c1cccnc1)c1ccc(F)c(F)c1. The van der Waals surface area contributed by atoms with Crippen molar-refractivity contribution in [1.82, 2.24) is 9.71 Å². The number of halogens is 2. The second-order valence-electron chi connectivity index (χ2n) is 4.28. The van der Waals surface area contributed by atoms with E-state index >= 15 is 0 Å². The molecule has 1 aromatic heterocycles. The molecule has 1 atom stereocenters. The Bertz CT molecular complexity index is 706. The third kappa shape index (κ3) is 3.58. The highest BCUT2D eigenvalue weighted by molar-refractivity contribution is 7.88. The second-order valence-corrected chi connectivity index (χ2v) is 6.06. The smallest absolute Gasteiger partial charge is 0.209 e.